The number of rotatable bonds is 2. The molecule has 0 saturated heterocycles. The van der Waals surface area contributed by atoms with Crippen LogP contribution in [0.5, 0.6) is 0 Å². The van der Waals surface area contributed by atoms with Crippen molar-refractivity contribution in [3.05, 3.63) is 16.6 Å². The third kappa shape index (κ3) is 1.83. The molecule has 0 aliphatic rings. The first-order valence-electron chi connectivity index (χ1n) is 3.43. The van der Waals surface area contributed by atoms with Crippen molar-refractivity contribution >= 4 is 23.4 Å². The SMILES string of the molecule is CN(C)C(=O)c1sncc1C(=O)O. The van der Waals surface area contributed by atoms with Gasteiger partial charge in [0.05, 0.1) is 6.20 Å². The van der Waals surface area contributed by atoms with Gasteiger partial charge in [-0.3, -0.25) is 4.79 Å². The van der Waals surface area contributed by atoms with Gasteiger partial charge < -0.3 is 10.0 Å². The molecule has 0 aliphatic carbocycles. The summed E-state index contributed by atoms with van der Waals surface area (Å²) < 4.78 is 3.66. The second-order valence-corrected chi connectivity index (χ2v) is 3.37. The molecular formula is C7H8N2O3S. The summed E-state index contributed by atoms with van der Waals surface area (Å²) in [6.07, 6.45) is 1.18. The van der Waals surface area contributed by atoms with Gasteiger partial charge in [0.15, 0.2) is 0 Å². The Labute approximate surface area is 78.8 Å². The monoisotopic (exact) mass is 200 g/mol. The number of carboxylic acid groups (broad SMARTS) is 1. The van der Waals surface area contributed by atoms with Gasteiger partial charge in [0, 0.05) is 14.1 Å². The van der Waals surface area contributed by atoms with Gasteiger partial charge in [-0.25, -0.2) is 4.79 Å². The van der Waals surface area contributed by atoms with Crippen molar-refractivity contribution in [3.63, 3.8) is 0 Å². The fraction of sp³-hybridized carbons (Fsp3) is 0.286. The Morgan fingerprint density at radius 1 is 1.54 bits per heavy atom. The number of carbonyl (C=O) groups is 2. The van der Waals surface area contributed by atoms with Crippen molar-refractivity contribution in [2.75, 3.05) is 14.1 Å². The number of nitrogens with zero attached hydrogens (tertiary/aromatic N) is 2. The lowest BCUT2D eigenvalue weighted by Gasteiger charge is -2.07. The summed E-state index contributed by atoms with van der Waals surface area (Å²) in [7, 11) is 3.13. The summed E-state index contributed by atoms with van der Waals surface area (Å²) >= 11 is 0.892. The number of amides is 1. The predicted octanol–water partition coefficient (Wildman–Crippen LogP) is 0.543. The predicted molar refractivity (Wildman–Crippen MR) is 47.1 cm³/mol. The van der Waals surface area contributed by atoms with E-state index in [2.05, 4.69) is 4.37 Å². The highest BCUT2D eigenvalue weighted by Gasteiger charge is 2.20. The van der Waals surface area contributed by atoms with Crippen LogP contribution in [-0.2, 0) is 0 Å². The van der Waals surface area contributed by atoms with Crippen molar-refractivity contribution in [3.8, 4) is 0 Å². The van der Waals surface area contributed by atoms with Crippen LogP contribution in [0.3, 0.4) is 0 Å². The standard InChI is InChI=1S/C7H8N2O3S/c1-9(2)6(10)5-4(7(11)12)3-8-13-5/h3H,1-2H3,(H,11,12). The first-order chi connectivity index (χ1) is 6.04. The van der Waals surface area contributed by atoms with Crippen LogP contribution in [0, 0.1) is 0 Å². The molecule has 0 radical (unpaired) electrons. The van der Waals surface area contributed by atoms with Crippen LogP contribution in [0.25, 0.3) is 0 Å². The van der Waals surface area contributed by atoms with Gasteiger partial charge >= 0.3 is 5.97 Å². The summed E-state index contributed by atoms with van der Waals surface area (Å²) in [4.78, 5) is 23.5. The van der Waals surface area contributed by atoms with Crippen LogP contribution in [0.4, 0.5) is 0 Å². The van der Waals surface area contributed by atoms with E-state index in [-0.39, 0.29) is 16.3 Å². The number of carboxylic acids is 1. The van der Waals surface area contributed by atoms with E-state index in [1.165, 1.54) is 11.1 Å². The van der Waals surface area contributed by atoms with Crippen LogP contribution in [-0.4, -0.2) is 40.4 Å². The molecule has 5 nitrogen and oxygen atoms in total. The summed E-state index contributed by atoms with van der Waals surface area (Å²) in [6, 6.07) is 0. The smallest absolute Gasteiger partial charge is 0.339 e. The Bertz CT molecular complexity index is 345. The maximum Gasteiger partial charge on any atom is 0.339 e. The van der Waals surface area contributed by atoms with Crippen molar-refractivity contribution in [2.45, 2.75) is 0 Å². The second kappa shape index (κ2) is 3.53. The van der Waals surface area contributed by atoms with Gasteiger partial charge in [-0.05, 0) is 11.5 Å². The van der Waals surface area contributed by atoms with Crippen LogP contribution < -0.4 is 0 Å². The normalized spacial score (nSPS) is 9.69. The molecule has 1 aromatic heterocycles. The molecule has 70 valence electrons. The molecule has 0 unspecified atom stereocenters. The second-order valence-electron chi connectivity index (χ2n) is 2.57. The Balaban J connectivity index is 3.08. The van der Waals surface area contributed by atoms with Crippen LogP contribution in [0.15, 0.2) is 6.20 Å². The minimum absolute atomic E-state index is 0.0382. The van der Waals surface area contributed by atoms with Gasteiger partial charge in [0.2, 0.25) is 0 Å². The quantitative estimate of drug-likeness (QED) is 0.756. The van der Waals surface area contributed by atoms with Crippen LogP contribution >= 0.6 is 11.5 Å². The zero-order valence-corrected chi connectivity index (χ0v) is 7.96. The molecule has 13 heavy (non-hydrogen) atoms. The van der Waals surface area contributed by atoms with Crippen molar-refractivity contribution < 1.29 is 14.7 Å². The summed E-state index contributed by atoms with van der Waals surface area (Å²) in [5.74, 6) is -1.46. The average molecular weight is 200 g/mol. The van der Waals surface area contributed by atoms with Gasteiger partial charge in [0.25, 0.3) is 5.91 Å². The number of carbonyl (C=O) groups excluding carboxylic acids is 1. The number of aromatic carboxylic acids is 1. The molecule has 0 aromatic carbocycles. The van der Waals surface area contributed by atoms with E-state index in [1.54, 1.807) is 14.1 Å². The summed E-state index contributed by atoms with van der Waals surface area (Å²) in [6.45, 7) is 0. The zero-order chi connectivity index (χ0) is 10.0. The molecule has 6 heteroatoms. The van der Waals surface area contributed by atoms with Crippen molar-refractivity contribution in [1.29, 1.82) is 0 Å². The molecule has 1 amide bonds. The van der Waals surface area contributed by atoms with Crippen LogP contribution in [0.1, 0.15) is 20.0 Å². The lowest BCUT2D eigenvalue weighted by molar-refractivity contribution is 0.0686. The number of hydrogen-bond donors (Lipinski definition) is 1. The molecule has 0 aliphatic heterocycles. The molecule has 0 bridgehead atoms. The van der Waals surface area contributed by atoms with E-state index < -0.39 is 5.97 Å². The molecule has 0 saturated carbocycles. The van der Waals surface area contributed by atoms with Crippen molar-refractivity contribution in [1.82, 2.24) is 9.27 Å². The first kappa shape index (κ1) is 9.66. The lowest BCUT2D eigenvalue weighted by atomic mass is 10.2. The van der Waals surface area contributed by atoms with E-state index in [0.717, 1.165) is 11.5 Å². The third-order valence-electron chi connectivity index (χ3n) is 1.40. The van der Waals surface area contributed by atoms with Gasteiger partial charge in [-0.2, -0.15) is 4.37 Å². The molecule has 1 aromatic rings. The number of hydrogen-bond acceptors (Lipinski definition) is 4. The fourth-order valence-electron chi connectivity index (χ4n) is 0.749. The van der Waals surface area contributed by atoms with E-state index in [4.69, 9.17) is 5.11 Å². The maximum absolute atomic E-state index is 11.4. The Morgan fingerprint density at radius 2 is 2.15 bits per heavy atom. The zero-order valence-electron chi connectivity index (χ0n) is 7.14. The number of aromatic nitrogens is 1. The Hall–Kier alpha value is -1.43. The Morgan fingerprint density at radius 3 is 2.62 bits per heavy atom. The largest absolute Gasteiger partial charge is 0.478 e. The molecule has 1 heterocycles. The highest BCUT2D eigenvalue weighted by atomic mass is 32.1. The van der Waals surface area contributed by atoms with Gasteiger partial charge in [-0.1, -0.05) is 0 Å². The van der Waals surface area contributed by atoms with Crippen LogP contribution in [0.2, 0.25) is 0 Å². The average Bonchev–Trinajstić information content (AvgIpc) is 2.50. The molecule has 1 rings (SSSR count). The molecule has 1 N–H and O–H groups in total. The third-order valence-corrected chi connectivity index (χ3v) is 2.19. The fourth-order valence-corrected chi connectivity index (χ4v) is 1.51. The molecule has 0 spiro atoms. The van der Waals surface area contributed by atoms with Gasteiger partial charge in [0.1, 0.15) is 10.4 Å². The van der Waals surface area contributed by atoms with E-state index in [9.17, 15) is 9.59 Å². The minimum Gasteiger partial charge on any atom is -0.478 e. The lowest BCUT2D eigenvalue weighted by Crippen LogP contribution is -2.22. The minimum atomic E-state index is -1.13. The topological polar surface area (TPSA) is 70.5 Å². The molecule has 0 atom stereocenters. The van der Waals surface area contributed by atoms with E-state index >= 15 is 0 Å². The van der Waals surface area contributed by atoms with E-state index in [0.29, 0.717) is 0 Å². The first-order valence-corrected chi connectivity index (χ1v) is 4.21. The highest BCUT2D eigenvalue weighted by molar-refractivity contribution is 7.08. The highest BCUT2D eigenvalue weighted by Crippen LogP contribution is 2.14. The maximum atomic E-state index is 11.4. The van der Waals surface area contributed by atoms with Crippen molar-refractivity contribution in [2.24, 2.45) is 0 Å². The van der Waals surface area contributed by atoms with E-state index in [1.807, 2.05) is 0 Å². The summed E-state index contributed by atoms with van der Waals surface area (Å²) in [5.41, 5.74) is -0.0382. The molecular weight excluding hydrogens is 192 g/mol. The van der Waals surface area contributed by atoms with Gasteiger partial charge in [-0.15, -0.1) is 0 Å². The Kier molecular flexibility index (Phi) is 2.62. The molecule has 0 fully saturated rings. The summed E-state index contributed by atoms with van der Waals surface area (Å²) in [5, 5.41) is 8.68.